The number of hydrogen-bond donors (Lipinski definition) is 0. The Morgan fingerprint density at radius 3 is 2.37 bits per heavy atom. The maximum absolute atomic E-state index is 12.4. The topological polar surface area (TPSA) is 128 Å². The van der Waals surface area contributed by atoms with Crippen LogP contribution in [0.2, 0.25) is 0 Å². The van der Waals surface area contributed by atoms with E-state index in [9.17, 15) is 14.4 Å². The maximum atomic E-state index is 12.4. The highest BCUT2D eigenvalue weighted by Crippen LogP contribution is 2.69. The third-order valence-electron chi connectivity index (χ3n) is 11.3. The lowest BCUT2D eigenvalue weighted by molar-refractivity contribution is -0.220. The SMILES string of the molecule is COC(=O)CC[C@@H](C)[C@H]1CC[C@H]2[C@@H]3[C@H](OC(C)=O)CC4C[C@@H](N=[N+]=[N-])CC[C@]4(C)[C@H]3C[C@H](OC(C)=O)[C@]12C. The minimum absolute atomic E-state index is 0.00287. The van der Waals surface area contributed by atoms with E-state index in [2.05, 4.69) is 30.8 Å². The molecule has 0 spiro atoms. The summed E-state index contributed by atoms with van der Waals surface area (Å²) in [4.78, 5) is 39.7. The van der Waals surface area contributed by atoms with Crippen molar-refractivity contribution in [3.63, 3.8) is 0 Å². The number of nitrogens with zero attached hydrogens (tertiary/aromatic N) is 3. The first kappa shape index (κ1) is 28.7. The largest absolute Gasteiger partial charge is 0.469 e. The summed E-state index contributed by atoms with van der Waals surface area (Å²) in [6.07, 6.45) is 6.78. The van der Waals surface area contributed by atoms with E-state index >= 15 is 0 Å². The molecular weight excluding hydrogens is 486 g/mol. The fourth-order valence-corrected chi connectivity index (χ4v) is 9.62. The molecule has 0 aliphatic heterocycles. The molecule has 0 bridgehead atoms. The van der Waals surface area contributed by atoms with E-state index in [0.29, 0.717) is 6.42 Å². The summed E-state index contributed by atoms with van der Waals surface area (Å²) < 4.78 is 17.2. The zero-order valence-corrected chi connectivity index (χ0v) is 23.9. The van der Waals surface area contributed by atoms with Gasteiger partial charge in [0.2, 0.25) is 0 Å². The number of carbonyl (C=O) groups is 3. The molecule has 0 heterocycles. The van der Waals surface area contributed by atoms with E-state index in [0.717, 1.165) is 51.4 Å². The van der Waals surface area contributed by atoms with Gasteiger partial charge in [-0.25, -0.2) is 0 Å². The Bertz CT molecular complexity index is 981. The number of ether oxygens (including phenoxy) is 3. The fourth-order valence-electron chi connectivity index (χ4n) is 9.62. The molecule has 0 amide bonds. The zero-order valence-electron chi connectivity index (χ0n) is 23.9. The molecule has 0 aromatic carbocycles. The first-order valence-corrected chi connectivity index (χ1v) is 14.4. The van der Waals surface area contributed by atoms with Crippen LogP contribution in [0, 0.1) is 46.3 Å². The minimum Gasteiger partial charge on any atom is -0.469 e. The fraction of sp³-hybridized carbons (Fsp3) is 0.897. The van der Waals surface area contributed by atoms with Gasteiger partial charge in [-0.15, -0.1) is 0 Å². The van der Waals surface area contributed by atoms with Gasteiger partial charge in [-0.05, 0) is 91.9 Å². The number of esters is 3. The molecule has 9 heteroatoms. The van der Waals surface area contributed by atoms with Crippen molar-refractivity contribution in [2.75, 3.05) is 7.11 Å². The lowest BCUT2D eigenvalue weighted by Crippen LogP contribution is -2.63. The van der Waals surface area contributed by atoms with Gasteiger partial charge in [-0.2, -0.15) is 0 Å². The van der Waals surface area contributed by atoms with Crippen molar-refractivity contribution in [1.82, 2.24) is 0 Å². The van der Waals surface area contributed by atoms with Crippen molar-refractivity contribution in [1.29, 1.82) is 0 Å². The molecule has 4 aliphatic rings. The lowest BCUT2D eigenvalue weighted by Gasteiger charge is -2.64. The normalized spacial score (nSPS) is 42.4. The number of rotatable bonds is 7. The van der Waals surface area contributed by atoms with Crippen LogP contribution in [0.5, 0.6) is 0 Å². The van der Waals surface area contributed by atoms with Crippen LogP contribution in [0.3, 0.4) is 0 Å². The van der Waals surface area contributed by atoms with Crippen molar-refractivity contribution < 1.29 is 28.6 Å². The van der Waals surface area contributed by atoms with Crippen LogP contribution in [-0.4, -0.2) is 43.3 Å². The molecule has 9 nitrogen and oxygen atoms in total. The number of azide groups is 1. The van der Waals surface area contributed by atoms with Crippen LogP contribution in [0.15, 0.2) is 5.11 Å². The van der Waals surface area contributed by atoms with Crippen LogP contribution in [0.1, 0.15) is 92.4 Å². The Hall–Kier alpha value is -2.28. The van der Waals surface area contributed by atoms with E-state index < -0.39 is 0 Å². The number of carbonyl (C=O) groups excluding carboxylic acids is 3. The highest BCUT2D eigenvalue weighted by molar-refractivity contribution is 5.69. The van der Waals surface area contributed by atoms with Crippen molar-refractivity contribution in [3.8, 4) is 0 Å². The molecule has 4 rings (SSSR count). The molecule has 11 atom stereocenters. The van der Waals surface area contributed by atoms with Gasteiger partial charge in [-0.3, -0.25) is 14.4 Å². The first-order chi connectivity index (χ1) is 17.9. The predicted octanol–water partition coefficient (Wildman–Crippen LogP) is 6.00. The Kier molecular flexibility index (Phi) is 8.37. The third-order valence-corrected chi connectivity index (χ3v) is 11.3. The molecule has 4 saturated carbocycles. The van der Waals surface area contributed by atoms with E-state index in [4.69, 9.17) is 19.7 Å². The molecule has 4 aliphatic carbocycles. The van der Waals surface area contributed by atoms with Crippen LogP contribution in [0.25, 0.3) is 10.4 Å². The molecule has 0 saturated heterocycles. The molecule has 0 radical (unpaired) electrons. The van der Waals surface area contributed by atoms with E-state index in [1.54, 1.807) is 0 Å². The summed E-state index contributed by atoms with van der Waals surface area (Å²) in [5.41, 5.74) is 8.78. The average molecular weight is 532 g/mol. The van der Waals surface area contributed by atoms with Crippen LogP contribution in [-0.2, 0) is 28.6 Å². The summed E-state index contributed by atoms with van der Waals surface area (Å²) in [6, 6.07) is -0.0303. The molecule has 0 aromatic heterocycles. The summed E-state index contributed by atoms with van der Waals surface area (Å²) in [5.74, 6) is 0.768. The van der Waals surface area contributed by atoms with Gasteiger partial charge < -0.3 is 14.2 Å². The van der Waals surface area contributed by atoms with Gasteiger partial charge in [0, 0.05) is 42.6 Å². The molecule has 1 unspecified atom stereocenters. The van der Waals surface area contributed by atoms with Crippen LogP contribution < -0.4 is 0 Å². The second-order valence-electron chi connectivity index (χ2n) is 13.0. The Morgan fingerprint density at radius 1 is 1.03 bits per heavy atom. The van der Waals surface area contributed by atoms with Crippen molar-refractivity contribution >= 4 is 17.9 Å². The number of methoxy groups -OCH3 is 1. The highest BCUT2D eigenvalue weighted by Gasteiger charge is 2.67. The number of fused-ring (bicyclic) bond motifs is 5. The van der Waals surface area contributed by atoms with Crippen molar-refractivity contribution in [3.05, 3.63) is 10.4 Å². The highest BCUT2D eigenvalue weighted by atomic mass is 16.5. The average Bonchev–Trinajstić information content (AvgIpc) is 3.21. The van der Waals surface area contributed by atoms with E-state index in [1.807, 2.05) is 0 Å². The van der Waals surface area contributed by atoms with Gasteiger partial charge in [0.05, 0.1) is 7.11 Å². The molecule has 38 heavy (non-hydrogen) atoms. The second-order valence-corrected chi connectivity index (χ2v) is 13.0. The number of hydrogen-bond acceptors (Lipinski definition) is 7. The van der Waals surface area contributed by atoms with Gasteiger partial charge in [-0.1, -0.05) is 25.9 Å². The lowest BCUT2D eigenvalue weighted by atomic mass is 9.43. The van der Waals surface area contributed by atoms with Gasteiger partial charge in [0.15, 0.2) is 0 Å². The van der Waals surface area contributed by atoms with Crippen molar-refractivity contribution in [2.45, 2.75) is 111 Å². The summed E-state index contributed by atoms with van der Waals surface area (Å²) in [5, 5.41) is 4.05. The summed E-state index contributed by atoms with van der Waals surface area (Å²) in [7, 11) is 1.42. The zero-order chi connectivity index (χ0) is 27.8. The van der Waals surface area contributed by atoms with Gasteiger partial charge in [0.25, 0.3) is 0 Å². The summed E-state index contributed by atoms with van der Waals surface area (Å²) in [6.45, 7) is 9.84. The third kappa shape index (κ3) is 5.03. The Morgan fingerprint density at radius 2 is 1.74 bits per heavy atom. The first-order valence-electron chi connectivity index (χ1n) is 14.4. The standard InChI is InChI=1S/C29H45N3O6/c1-16(7-10-26(35)36-6)21-8-9-22-27-23(15-25(29(21,22)5)38-18(3)34)28(4)12-11-20(31-32-30)13-19(28)14-24(27)37-17(2)33/h16,19-25,27H,7-15H2,1-6H3/t16-,19?,20+,21-,22+,23+,24-,25+,27+,28+,29-/m1/s1. The smallest absolute Gasteiger partial charge is 0.305 e. The minimum atomic E-state index is -0.272. The molecule has 0 N–H and O–H groups in total. The molecule has 212 valence electrons. The summed E-state index contributed by atoms with van der Waals surface area (Å²) >= 11 is 0. The van der Waals surface area contributed by atoms with Crippen LogP contribution in [0.4, 0.5) is 0 Å². The van der Waals surface area contributed by atoms with Gasteiger partial charge >= 0.3 is 17.9 Å². The van der Waals surface area contributed by atoms with E-state index in [-0.39, 0.29) is 82.5 Å². The van der Waals surface area contributed by atoms with Crippen molar-refractivity contribution in [2.24, 2.45) is 51.5 Å². The monoisotopic (exact) mass is 531 g/mol. The van der Waals surface area contributed by atoms with E-state index in [1.165, 1.54) is 21.0 Å². The molecule has 0 aromatic rings. The Balaban J connectivity index is 1.71. The molecule has 4 fully saturated rings. The maximum Gasteiger partial charge on any atom is 0.305 e. The quantitative estimate of drug-likeness (QED) is 0.130. The Labute approximate surface area is 226 Å². The molecular formula is C29H45N3O6. The second kappa shape index (κ2) is 11.1. The van der Waals surface area contributed by atoms with Crippen LogP contribution >= 0.6 is 0 Å². The van der Waals surface area contributed by atoms with Gasteiger partial charge in [0.1, 0.15) is 12.2 Å². The predicted molar refractivity (Wildman–Crippen MR) is 140 cm³/mol.